The number of benzene rings is 2. The van der Waals surface area contributed by atoms with Gasteiger partial charge in [0.15, 0.2) is 0 Å². The van der Waals surface area contributed by atoms with Gasteiger partial charge in [-0.15, -0.1) is 11.3 Å². The van der Waals surface area contributed by atoms with Crippen LogP contribution in [0.4, 0.5) is 4.39 Å². The van der Waals surface area contributed by atoms with Crippen LogP contribution in [0.3, 0.4) is 0 Å². The summed E-state index contributed by atoms with van der Waals surface area (Å²) in [4.78, 5) is 15.4. The predicted octanol–water partition coefficient (Wildman–Crippen LogP) is 4.19. The highest BCUT2D eigenvalue weighted by Gasteiger charge is 2.17. The largest absolute Gasteiger partial charge is 0.376 e. The standard InChI is InChI=1S/C22H23FN2O2S/c1-15-13-25(8-9-27-15)14-17-5-2-4-16(10-17)12-24-22(26)21-11-18-19(23)6-3-7-20(18)28-21/h2-7,10-11,15H,8-9,12-14H2,1H3,(H,24,26). The summed E-state index contributed by atoms with van der Waals surface area (Å²) in [6.07, 6.45) is 0.266. The molecule has 1 aromatic heterocycles. The SMILES string of the molecule is CC1CN(Cc2cccc(CNC(=O)c3cc4c(F)cccc4s3)c2)CCO1. The lowest BCUT2D eigenvalue weighted by atomic mass is 10.1. The van der Waals surface area contributed by atoms with Gasteiger partial charge in [-0.2, -0.15) is 0 Å². The summed E-state index contributed by atoms with van der Waals surface area (Å²) in [7, 11) is 0. The van der Waals surface area contributed by atoms with Gasteiger partial charge in [-0.25, -0.2) is 4.39 Å². The lowest BCUT2D eigenvalue weighted by Gasteiger charge is -2.31. The van der Waals surface area contributed by atoms with Crippen molar-refractivity contribution in [2.75, 3.05) is 19.7 Å². The Morgan fingerprint density at radius 1 is 1.25 bits per heavy atom. The Labute approximate surface area is 167 Å². The van der Waals surface area contributed by atoms with Crippen molar-refractivity contribution < 1.29 is 13.9 Å². The first-order valence-corrected chi connectivity index (χ1v) is 10.3. The van der Waals surface area contributed by atoms with Crippen LogP contribution in [0.2, 0.25) is 0 Å². The number of morpholine rings is 1. The number of ether oxygens (including phenoxy) is 1. The number of hydrogen-bond acceptors (Lipinski definition) is 4. The Kier molecular flexibility index (Phi) is 5.71. The molecule has 2 heterocycles. The molecule has 0 aliphatic carbocycles. The molecule has 1 aliphatic heterocycles. The second kappa shape index (κ2) is 8.39. The van der Waals surface area contributed by atoms with E-state index in [0.717, 1.165) is 36.5 Å². The molecular weight excluding hydrogens is 375 g/mol. The Bertz CT molecular complexity index is 988. The average molecular weight is 399 g/mol. The summed E-state index contributed by atoms with van der Waals surface area (Å²) >= 11 is 1.31. The quantitative estimate of drug-likeness (QED) is 0.701. The van der Waals surface area contributed by atoms with E-state index >= 15 is 0 Å². The molecule has 1 N–H and O–H groups in total. The molecule has 4 rings (SSSR count). The molecule has 0 saturated carbocycles. The van der Waals surface area contributed by atoms with Crippen LogP contribution in [0.5, 0.6) is 0 Å². The zero-order valence-corrected chi connectivity index (χ0v) is 16.6. The molecule has 4 nitrogen and oxygen atoms in total. The molecule has 0 spiro atoms. The molecule has 28 heavy (non-hydrogen) atoms. The Balaban J connectivity index is 1.38. The van der Waals surface area contributed by atoms with Crippen molar-refractivity contribution in [1.82, 2.24) is 10.2 Å². The number of hydrogen-bond donors (Lipinski definition) is 1. The van der Waals surface area contributed by atoms with Crippen LogP contribution in [0.1, 0.15) is 27.7 Å². The van der Waals surface area contributed by atoms with E-state index in [1.165, 1.54) is 23.0 Å². The number of thiophene rings is 1. The number of halogens is 1. The van der Waals surface area contributed by atoms with E-state index in [9.17, 15) is 9.18 Å². The van der Waals surface area contributed by atoms with E-state index in [4.69, 9.17) is 4.74 Å². The van der Waals surface area contributed by atoms with Gasteiger partial charge in [-0.05, 0) is 36.2 Å². The first kappa shape index (κ1) is 19.1. The minimum Gasteiger partial charge on any atom is -0.376 e. The molecule has 1 saturated heterocycles. The predicted molar refractivity (Wildman–Crippen MR) is 110 cm³/mol. The maximum absolute atomic E-state index is 13.8. The number of carbonyl (C=O) groups is 1. The van der Waals surface area contributed by atoms with Gasteiger partial charge in [-0.3, -0.25) is 9.69 Å². The maximum atomic E-state index is 13.8. The van der Waals surface area contributed by atoms with Gasteiger partial charge in [0, 0.05) is 36.3 Å². The van der Waals surface area contributed by atoms with Crippen LogP contribution in [-0.2, 0) is 17.8 Å². The topological polar surface area (TPSA) is 41.6 Å². The van der Waals surface area contributed by atoms with E-state index in [0.29, 0.717) is 16.8 Å². The maximum Gasteiger partial charge on any atom is 0.261 e. The third-order valence-corrected chi connectivity index (χ3v) is 6.01. The van der Waals surface area contributed by atoms with Crippen LogP contribution in [-0.4, -0.2) is 36.6 Å². The summed E-state index contributed by atoms with van der Waals surface area (Å²) in [5.74, 6) is -0.467. The second-order valence-corrected chi connectivity index (χ2v) is 8.27. The highest BCUT2D eigenvalue weighted by molar-refractivity contribution is 7.20. The van der Waals surface area contributed by atoms with E-state index in [-0.39, 0.29) is 17.8 Å². The molecule has 3 aromatic rings. The zero-order valence-electron chi connectivity index (χ0n) is 15.8. The number of amides is 1. The van der Waals surface area contributed by atoms with Crippen LogP contribution >= 0.6 is 11.3 Å². The van der Waals surface area contributed by atoms with E-state index in [2.05, 4.69) is 29.3 Å². The molecule has 1 fully saturated rings. The normalized spacial score (nSPS) is 17.7. The summed E-state index contributed by atoms with van der Waals surface area (Å²) in [5, 5.41) is 3.45. The number of fused-ring (bicyclic) bond motifs is 1. The summed E-state index contributed by atoms with van der Waals surface area (Å²) in [6, 6.07) is 14.8. The average Bonchev–Trinajstić information content (AvgIpc) is 3.12. The van der Waals surface area contributed by atoms with Crippen molar-refractivity contribution in [3.63, 3.8) is 0 Å². The molecule has 1 amide bonds. The van der Waals surface area contributed by atoms with Gasteiger partial charge in [-0.1, -0.05) is 30.3 Å². The first-order chi connectivity index (χ1) is 13.6. The lowest BCUT2D eigenvalue weighted by molar-refractivity contribution is -0.0212. The van der Waals surface area contributed by atoms with Gasteiger partial charge < -0.3 is 10.1 Å². The van der Waals surface area contributed by atoms with Gasteiger partial charge in [0.1, 0.15) is 5.82 Å². The highest BCUT2D eigenvalue weighted by Crippen LogP contribution is 2.27. The molecule has 1 atom stereocenters. The molecule has 0 radical (unpaired) electrons. The first-order valence-electron chi connectivity index (χ1n) is 9.46. The fraction of sp³-hybridized carbons (Fsp3) is 0.318. The van der Waals surface area contributed by atoms with Crippen molar-refractivity contribution >= 4 is 27.3 Å². The Morgan fingerprint density at radius 2 is 2.07 bits per heavy atom. The minimum absolute atomic E-state index is 0.173. The highest BCUT2D eigenvalue weighted by atomic mass is 32.1. The van der Waals surface area contributed by atoms with E-state index in [1.54, 1.807) is 12.1 Å². The molecule has 1 unspecified atom stereocenters. The number of nitrogens with zero attached hydrogens (tertiary/aromatic N) is 1. The monoisotopic (exact) mass is 398 g/mol. The zero-order chi connectivity index (χ0) is 19.5. The van der Waals surface area contributed by atoms with Crippen molar-refractivity contribution in [3.05, 3.63) is 70.4 Å². The fourth-order valence-electron chi connectivity index (χ4n) is 3.54. The molecule has 6 heteroatoms. The smallest absolute Gasteiger partial charge is 0.261 e. The molecule has 2 aromatic carbocycles. The summed E-state index contributed by atoms with van der Waals surface area (Å²) in [6.45, 7) is 6.07. The van der Waals surface area contributed by atoms with Gasteiger partial charge >= 0.3 is 0 Å². The van der Waals surface area contributed by atoms with Gasteiger partial charge in [0.05, 0.1) is 17.6 Å². The van der Waals surface area contributed by atoms with E-state index in [1.807, 2.05) is 18.2 Å². The lowest BCUT2D eigenvalue weighted by Crippen LogP contribution is -2.40. The van der Waals surface area contributed by atoms with Crippen molar-refractivity contribution in [2.24, 2.45) is 0 Å². The Morgan fingerprint density at radius 3 is 2.89 bits per heavy atom. The molecule has 146 valence electrons. The minimum atomic E-state index is -0.294. The van der Waals surface area contributed by atoms with Crippen molar-refractivity contribution in [2.45, 2.75) is 26.1 Å². The van der Waals surface area contributed by atoms with Crippen LogP contribution < -0.4 is 5.32 Å². The molecule has 1 aliphatic rings. The second-order valence-electron chi connectivity index (χ2n) is 7.18. The number of carbonyl (C=O) groups excluding carboxylic acids is 1. The van der Waals surface area contributed by atoms with Crippen molar-refractivity contribution in [1.29, 1.82) is 0 Å². The fourth-order valence-corrected chi connectivity index (χ4v) is 4.53. The van der Waals surface area contributed by atoms with E-state index < -0.39 is 0 Å². The van der Waals surface area contributed by atoms with Gasteiger partial charge in [0.2, 0.25) is 0 Å². The molecular formula is C22H23FN2O2S. The number of nitrogens with one attached hydrogen (secondary N) is 1. The third-order valence-electron chi connectivity index (χ3n) is 4.91. The summed E-state index contributed by atoms with van der Waals surface area (Å²) in [5.41, 5.74) is 2.28. The molecule has 0 bridgehead atoms. The van der Waals surface area contributed by atoms with Crippen LogP contribution in [0.15, 0.2) is 48.5 Å². The summed E-state index contributed by atoms with van der Waals surface area (Å²) < 4.78 is 20.2. The van der Waals surface area contributed by atoms with Gasteiger partial charge in [0.25, 0.3) is 5.91 Å². The van der Waals surface area contributed by atoms with Crippen LogP contribution in [0.25, 0.3) is 10.1 Å². The number of rotatable bonds is 5. The Hall–Kier alpha value is -2.28. The van der Waals surface area contributed by atoms with Crippen molar-refractivity contribution in [3.8, 4) is 0 Å². The third kappa shape index (κ3) is 4.41. The van der Waals surface area contributed by atoms with Crippen LogP contribution in [0, 0.1) is 5.82 Å².